The summed E-state index contributed by atoms with van der Waals surface area (Å²) < 4.78 is 0. The van der Waals surface area contributed by atoms with Crippen molar-refractivity contribution in [2.24, 2.45) is 0 Å². The Morgan fingerprint density at radius 1 is 1.10 bits per heavy atom. The molecule has 0 aliphatic rings. The first-order valence-corrected chi connectivity index (χ1v) is 6.71. The summed E-state index contributed by atoms with van der Waals surface area (Å²) in [6.07, 6.45) is 1.67. The van der Waals surface area contributed by atoms with E-state index in [1.54, 1.807) is 18.5 Å². The van der Waals surface area contributed by atoms with E-state index in [4.69, 9.17) is 0 Å². The molecule has 0 saturated carbocycles. The smallest absolute Gasteiger partial charge is 0.255 e. The molecule has 0 unspecified atom stereocenters. The normalized spacial score (nSPS) is 10.3. The largest absolute Gasteiger partial charge is 0.348 e. The van der Waals surface area contributed by atoms with Crippen molar-refractivity contribution in [2.45, 2.75) is 6.92 Å². The Bertz CT molecular complexity index is 762. The molecule has 0 saturated heterocycles. The number of aromatic nitrogens is 2. The van der Waals surface area contributed by atoms with Gasteiger partial charge in [0.1, 0.15) is 0 Å². The van der Waals surface area contributed by atoms with Crippen LogP contribution in [0.4, 0.5) is 5.69 Å². The number of carbonyl (C=O) groups is 1. The van der Waals surface area contributed by atoms with Crippen LogP contribution >= 0.6 is 0 Å². The van der Waals surface area contributed by atoms with E-state index in [1.807, 2.05) is 49.4 Å². The fourth-order valence-corrected chi connectivity index (χ4v) is 2.19. The number of amides is 1. The number of nitrogens with zero attached hydrogens (tertiary/aromatic N) is 1. The van der Waals surface area contributed by atoms with Gasteiger partial charge in [0, 0.05) is 22.5 Å². The summed E-state index contributed by atoms with van der Waals surface area (Å²) in [7, 11) is 0. The predicted molar refractivity (Wildman–Crippen MR) is 83.2 cm³/mol. The molecular weight excluding hydrogens is 262 g/mol. The van der Waals surface area contributed by atoms with E-state index in [-0.39, 0.29) is 5.91 Å². The molecule has 4 heteroatoms. The van der Waals surface area contributed by atoms with Crippen LogP contribution in [0.5, 0.6) is 0 Å². The van der Waals surface area contributed by atoms with E-state index in [9.17, 15) is 4.79 Å². The Labute approximate surface area is 122 Å². The fourth-order valence-electron chi connectivity index (χ4n) is 2.19. The molecule has 0 atom stereocenters. The standard InChI is InChI=1S/C17H15N3O/c1-12-16(19-11-18-12)14-8-5-9-15(10-14)20-17(21)13-6-3-2-4-7-13/h2-11H,1H3,(H,18,19)(H,20,21). The molecule has 0 spiro atoms. The van der Waals surface area contributed by atoms with Crippen LogP contribution in [0.15, 0.2) is 60.9 Å². The molecule has 0 fully saturated rings. The van der Waals surface area contributed by atoms with Crippen molar-refractivity contribution in [3.05, 3.63) is 72.2 Å². The molecule has 0 radical (unpaired) electrons. The summed E-state index contributed by atoms with van der Waals surface area (Å²) in [6.45, 7) is 1.97. The van der Waals surface area contributed by atoms with Gasteiger partial charge in [-0.05, 0) is 31.2 Å². The molecule has 4 nitrogen and oxygen atoms in total. The zero-order chi connectivity index (χ0) is 14.7. The van der Waals surface area contributed by atoms with Crippen LogP contribution in [0.3, 0.4) is 0 Å². The molecule has 0 aliphatic heterocycles. The fraction of sp³-hybridized carbons (Fsp3) is 0.0588. The van der Waals surface area contributed by atoms with Gasteiger partial charge in [0.25, 0.3) is 5.91 Å². The number of carbonyl (C=O) groups excluding carboxylic acids is 1. The highest BCUT2D eigenvalue weighted by Crippen LogP contribution is 2.23. The van der Waals surface area contributed by atoms with Crippen molar-refractivity contribution in [1.29, 1.82) is 0 Å². The van der Waals surface area contributed by atoms with Crippen LogP contribution in [0, 0.1) is 6.92 Å². The van der Waals surface area contributed by atoms with Crippen LogP contribution in [0.1, 0.15) is 16.1 Å². The van der Waals surface area contributed by atoms with Gasteiger partial charge in [-0.2, -0.15) is 0 Å². The predicted octanol–water partition coefficient (Wildman–Crippen LogP) is 3.64. The molecule has 2 aromatic carbocycles. The lowest BCUT2D eigenvalue weighted by molar-refractivity contribution is 0.102. The average Bonchev–Trinajstić information content (AvgIpc) is 2.94. The third kappa shape index (κ3) is 2.84. The molecule has 0 aliphatic carbocycles. The first-order chi connectivity index (χ1) is 10.2. The minimum atomic E-state index is -0.119. The van der Waals surface area contributed by atoms with Gasteiger partial charge < -0.3 is 10.3 Å². The van der Waals surface area contributed by atoms with Crippen molar-refractivity contribution >= 4 is 11.6 Å². The Morgan fingerprint density at radius 3 is 2.62 bits per heavy atom. The Kier molecular flexibility index (Phi) is 3.51. The second-order valence-electron chi connectivity index (χ2n) is 4.78. The van der Waals surface area contributed by atoms with Crippen LogP contribution in [0.2, 0.25) is 0 Å². The van der Waals surface area contributed by atoms with Gasteiger partial charge in [0.2, 0.25) is 0 Å². The second-order valence-corrected chi connectivity index (χ2v) is 4.78. The number of imidazole rings is 1. The number of hydrogen-bond donors (Lipinski definition) is 2. The highest BCUT2D eigenvalue weighted by molar-refractivity contribution is 6.04. The highest BCUT2D eigenvalue weighted by Gasteiger charge is 2.08. The number of nitrogens with one attached hydrogen (secondary N) is 2. The van der Waals surface area contributed by atoms with Crippen LogP contribution < -0.4 is 5.32 Å². The minimum absolute atomic E-state index is 0.119. The van der Waals surface area contributed by atoms with Gasteiger partial charge in [-0.1, -0.05) is 30.3 Å². The topological polar surface area (TPSA) is 57.8 Å². The van der Waals surface area contributed by atoms with Crippen molar-refractivity contribution < 1.29 is 4.79 Å². The summed E-state index contributed by atoms with van der Waals surface area (Å²) in [5.41, 5.74) is 4.26. The summed E-state index contributed by atoms with van der Waals surface area (Å²) in [5, 5.41) is 2.90. The number of anilines is 1. The number of H-pyrrole nitrogens is 1. The van der Waals surface area contributed by atoms with Crippen LogP contribution in [-0.2, 0) is 0 Å². The lowest BCUT2D eigenvalue weighted by Crippen LogP contribution is -2.11. The number of benzene rings is 2. The summed E-state index contributed by atoms with van der Waals surface area (Å²) in [4.78, 5) is 19.5. The molecule has 0 bridgehead atoms. The Hall–Kier alpha value is -2.88. The van der Waals surface area contributed by atoms with Crippen molar-refractivity contribution in [3.63, 3.8) is 0 Å². The monoisotopic (exact) mass is 277 g/mol. The Morgan fingerprint density at radius 2 is 1.90 bits per heavy atom. The third-order valence-electron chi connectivity index (χ3n) is 3.26. The second kappa shape index (κ2) is 5.63. The summed E-state index contributed by atoms with van der Waals surface area (Å²) >= 11 is 0. The van der Waals surface area contributed by atoms with Crippen molar-refractivity contribution in [3.8, 4) is 11.3 Å². The lowest BCUT2D eigenvalue weighted by atomic mass is 10.1. The van der Waals surface area contributed by atoms with E-state index in [0.717, 1.165) is 22.6 Å². The number of aromatic amines is 1. The third-order valence-corrected chi connectivity index (χ3v) is 3.26. The molecule has 1 heterocycles. The molecule has 3 rings (SSSR count). The van der Waals surface area contributed by atoms with E-state index < -0.39 is 0 Å². The number of hydrogen-bond acceptors (Lipinski definition) is 2. The van der Waals surface area contributed by atoms with Crippen molar-refractivity contribution in [2.75, 3.05) is 5.32 Å². The Balaban J connectivity index is 1.84. The molecule has 104 valence electrons. The van der Waals surface area contributed by atoms with Gasteiger partial charge in [0.05, 0.1) is 12.0 Å². The quantitative estimate of drug-likeness (QED) is 0.768. The molecule has 1 aromatic heterocycles. The highest BCUT2D eigenvalue weighted by atomic mass is 16.1. The maximum atomic E-state index is 12.1. The zero-order valence-corrected chi connectivity index (χ0v) is 11.6. The number of aryl methyl sites for hydroxylation is 1. The molecular formula is C17H15N3O. The SMILES string of the molecule is Cc1[nH]cnc1-c1cccc(NC(=O)c2ccccc2)c1. The van der Waals surface area contributed by atoms with Crippen molar-refractivity contribution in [1.82, 2.24) is 9.97 Å². The summed E-state index contributed by atoms with van der Waals surface area (Å²) in [5.74, 6) is -0.119. The maximum Gasteiger partial charge on any atom is 0.255 e. The summed E-state index contributed by atoms with van der Waals surface area (Å²) in [6, 6.07) is 16.8. The van der Waals surface area contributed by atoms with E-state index >= 15 is 0 Å². The average molecular weight is 277 g/mol. The number of rotatable bonds is 3. The molecule has 1 amide bonds. The van der Waals surface area contributed by atoms with E-state index in [2.05, 4.69) is 15.3 Å². The van der Waals surface area contributed by atoms with Crippen LogP contribution in [-0.4, -0.2) is 15.9 Å². The van der Waals surface area contributed by atoms with E-state index in [0.29, 0.717) is 5.56 Å². The molecule has 2 N–H and O–H groups in total. The molecule has 3 aromatic rings. The van der Waals surface area contributed by atoms with Gasteiger partial charge in [-0.15, -0.1) is 0 Å². The maximum absolute atomic E-state index is 12.1. The van der Waals surface area contributed by atoms with Gasteiger partial charge in [-0.25, -0.2) is 4.98 Å². The van der Waals surface area contributed by atoms with Crippen LogP contribution in [0.25, 0.3) is 11.3 Å². The van der Waals surface area contributed by atoms with Gasteiger partial charge in [0.15, 0.2) is 0 Å². The van der Waals surface area contributed by atoms with Gasteiger partial charge >= 0.3 is 0 Å². The first-order valence-electron chi connectivity index (χ1n) is 6.71. The zero-order valence-electron chi connectivity index (χ0n) is 11.6. The molecule has 21 heavy (non-hydrogen) atoms. The minimum Gasteiger partial charge on any atom is -0.348 e. The first kappa shape index (κ1) is 13.1. The van der Waals surface area contributed by atoms with Gasteiger partial charge in [-0.3, -0.25) is 4.79 Å². The van der Waals surface area contributed by atoms with E-state index in [1.165, 1.54) is 0 Å². The lowest BCUT2D eigenvalue weighted by Gasteiger charge is -2.07.